The van der Waals surface area contributed by atoms with Gasteiger partial charge in [-0.3, -0.25) is 0 Å². The van der Waals surface area contributed by atoms with Crippen molar-refractivity contribution in [2.45, 2.75) is 27.3 Å². The Morgan fingerprint density at radius 2 is 2.05 bits per heavy atom. The Hall–Kier alpha value is -1.75. The van der Waals surface area contributed by atoms with Crippen molar-refractivity contribution in [3.05, 3.63) is 48.0 Å². The van der Waals surface area contributed by atoms with Crippen LogP contribution in [0.4, 0.5) is 4.79 Å². The Bertz CT molecular complexity index is 513. The van der Waals surface area contributed by atoms with Crippen LogP contribution in [0.15, 0.2) is 47.5 Å². The van der Waals surface area contributed by atoms with E-state index in [9.17, 15) is 4.79 Å². The molecule has 0 heterocycles. The molecular formula is C17H24N2O2S. The van der Waals surface area contributed by atoms with E-state index in [1.165, 1.54) is 11.8 Å². The number of hydrogen-bond donors (Lipinski definition) is 1. The number of aliphatic imine (C=N–C) groups is 1. The Balaban J connectivity index is 2.65. The van der Waals surface area contributed by atoms with Crippen molar-refractivity contribution in [2.75, 3.05) is 12.4 Å². The molecule has 0 fully saturated rings. The molecule has 0 saturated carbocycles. The summed E-state index contributed by atoms with van der Waals surface area (Å²) in [4.78, 5) is 15.5. The molecule has 0 spiro atoms. The van der Waals surface area contributed by atoms with Crippen molar-refractivity contribution in [1.82, 2.24) is 5.32 Å². The van der Waals surface area contributed by atoms with Crippen LogP contribution < -0.4 is 5.32 Å². The third-order valence-electron chi connectivity index (χ3n) is 2.96. The normalized spacial score (nSPS) is 11.4. The third-order valence-corrected chi connectivity index (χ3v) is 3.98. The van der Waals surface area contributed by atoms with Crippen molar-refractivity contribution in [1.29, 1.82) is 0 Å². The van der Waals surface area contributed by atoms with E-state index in [1.807, 2.05) is 30.3 Å². The Morgan fingerprint density at radius 1 is 1.36 bits per heavy atom. The van der Waals surface area contributed by atoms with Gasteiger partial charge in [0, 0.05) is 12.3 Å². The maximum Gasteiger partial charge on any atom is 0.435 e. The minimum atomic E-state index is -0.569. The number of ether oxygens (including phenoxy) is 1. The van der Waals surface area contributed by atoms with E-state index in [0.29, 0.717) is 24.2 Å². The van der Waals surface area contributed by atoms with Gasteiger partial charge in [-0.05, 0) is 18.4 Å². The highest BCUT2D eigenvalue weighted by Crippen LogP contribution is 2.15. The summed E-state index contributed by atoms with van der Waals surface area (Å²) in [6.07, 6.45) is -0.569. The van der Waals surface area contributed by atoms with Crippen LogP contribution in [-0.2, 0) is 11.3 Å². The number of nitrogens with zero attached hydrogens (tertiary/aromatic N) is 1. The summed E-state index contributed by atoms with van der Waals surface area (Å²) in [6, 6.07) is 9.97. The van der Waals surface area contributed by atoms with Crippen LogP contribution in [0.3, 0.4) is 0 Å². The topological polar surface area (TPSA) is 50.7 Å². The number of rotatable bonds is 6. The Kier molecular flexibility index (Phi) is 8.36. The van der Waals surface area contributed by atoms with Crippen LogP contribution in [0, 0.1) is 5.92 Å². The first-order valence-corrected chi connectivity index (χ1v) is 8.35. The molecule has 4 nitrogen and oxygen atoms in total. The van der Waals surface area contributed by atoms with Gasteiger partial charge >= 0.3 is 6.09 Å². The van der Waals surface area contributed by atoms with Crippen molar-refractivity contribution in [2.24, 2.45) is 10.9 Å². The fourth-order valence-electron chi connectivity index (χ4n) is 1.46. The van der Waals surface area contributed by atoms with Gasteiger partial charge in [-0.15, -0.1) is 0 Å². The Morgan fingerprint density at radius 3 is 2.64 bits per heavy atom. The van der Waals surface area contributed by atoms with Crippen molar-refractivity contribution >= 4 is 23.0 Å². The number of benzene rings is 1. The SMILES string of the molecule is C=C(CS/C(=N\C(=O)OCC)NCc1ccccc1)C(C)C. The van der Waals surface area contributed by atoms with Gasteiger partial charge in [-0.25, -0.2) is 4.79 Å². The summed E-state index contributed by atoms with van der Waals surface area (Å²) in [7, 11) is 0. The number of thioether (sulfide) groups is 1. The lowest BCUT2D eigenvalue weighted by molar-refractivity contribution is 0.163. The lowest BCUT2D eigenvalue weighted by atomic mass is 10.1. The number of amidine groups is 1. The molecule has 0 unspecified atom stereocenters. The highest BCUT2D eigenvalue weighted by Gasteiger charge is 2.08. The van der Waals surface area contributed by atoms with Crippen molar-refractivity contribution in [3.63, 3.8) is 0 Å². The highest BCUT2D eigenvalue weighted by atomic mass is 32.2. The molecule has 0 aliphatic heterocycles. The summed E-state index contributed by atoms with van der Waals surface area (Å²) in [5.41, 5.74) is 2.24. The van der Waals surface area contributed by atoms with E-state index < -0.39 is 6.09 Å². The fraction of sp³-hybridized carbons (Fsp3) is 0.412. The molecule has 1 amide bonds. The van der Waals surface area contributed by atoms with E-state index in [-0.39, 0.29) is 0 Å². The van der Waals surface area contributed by atoms with Crippen LogP contribution in [-0.4, -0.2) is 23.6 Å². The first-order valence-electron chi connectivity index (χ1n) is 7.36. The minimum Gasteiger partial charge on any atom is -0.448 e. The second-order valence-corrected chi connectivity index (χ2v) is 6.02. The van der Waals surface area contributed by atoms with E-state index in [2.05, 4.69) is 30.7 Å². The molecule has 0 aliphatic rings. The van der Waals surface area contributed by atoms with Crippen LogP contribution in [0.1, 0.15) is 26.3 Å². The number of hydrogen-bond acceptors (Lipinski definition) is 3. The first kappa shape index (κ1) is 18.3. The largest absolute Gasteiger partial charge is 0.448 e. The predicted octanol–water partition coefficient (Wildman–Crippen LogP) is 4.23. The molecule has 0 bridgehead atoms. The monoisotopic (exact) mass is 320 g/mol. The summed E-state index contributed by atoms with van der Waals surface area (Å²) < 4.78 is 4.88. The number of nitrogens with one attached hydrogen (secondary N) is 1. The van der Waals surface area contributed by atoms with Gasteiger partial charge in [0.1, 0.15) is 0 Å². The van der Waals surface area contributed by atoms with Crippen LogP contribution in [0.2, 0.25) is 0 Å². The maximum atomic E-state index is 11.6. The molecule has 0 saturated heterocycles. The molecule has 0 aliphatic carbocycles. The van der Waals surface area contributed by atoms with Crippen LogP contribution in [0.25, 0.3) is 0 Å². The zero-order chi connectivity index (χ0) is 16.4. The smallest absolute Gasteiger partial charge is 0.435 e. The third kappa shape index (κ3) is 7.31. The second kappa shape index (κ2) is 10.1. The van der Waals surface area contributed by atoms with Gasteiger partial charge in [-0.1, -0.05) is 68.1 Å². The molecule has 1 aromatic carbocycles. The second-order valence-electron chi connectivity index (χ2n) is 5.06. The molecule has 0 aromatic heterocycles. The zero-order valence-corrected chi connectivity index (χ0v) is 14.3. The standard InChI is InChI=1S/C17H24N2O2S/c1-5-21-17(20)19-16(22-12-14(4)13(2)3)18-11-15-9-7-6-8-10-15/h6-10,13H,4-5,11-12H2,1-3H3,(H,18,19,20). The average molecular weight is 320 g/mol. The van der Waals surface area contributed by atoms with Gasteiger partial charge in [0.2, 0.25) is 0 Å². The summed E-state index contributed by atoms with van der Waals surface area (Å²) in [6.45, 7) is 10.9. The van der Waals surface area contributed by atoms with Gasteiger partial charge < -0.3 is 10.1 Å². The van der Waals surface area contributed by atoms with Crippen molar-refractivity contribution < 1.29 is 9.53 Å². The number of carbonyl (C=O) groups is 1. The van der Waals surface area contributed by atoms with Gasteiger partial charge in [0.15, 0.2) is 5.17 Å². The van der Waals surface area contributed by atoms with Gasteiger partial charge in [0.25, 0.3) is 0 Å². The molecule has 0 radical (unpaired) electrons. The quantitative estimate of drug-likeness (QED) is 0.484. The molecule has 1 rings (SSSR count). The van der Waals surface area contributed by atoms with Gasteiger partial charge in [-0.2, -0.15) is 4.99 Å². The zero-order valence-electron chi connectivity index (χ0n) is 13.5. The first-order chi connectivity index (χ1) is 10.5. The average Bonchev–Trinajstić information content (AvgIpc) is 2.50. The van der Waals surface area contributed by atoms with E-state index in [0.717, 1.165) is 16.9 Å². The number of amides is 1. The Labute approximate surface area is 137 Å². The molecule has 120 valence electrons. The van der Waals surface area contributed by atoms with Gasteiger partial charge in [0.05, 0.1) is 6.61 Å². The summed E-state index contributed by atoms with van der Waals surface area (Å²) in [5, 5.41) is 3.75. The molecular weight excluding hydrogens is 296 g/mol. The minimum absolute atomic E-state index is 0.317. The van der Waals surface area contributed by atoms with E-state index in [4.69, 9.17) is 4.74 Å². The predicted molar refractivity (Wildman–Crippen MR) is 94.2 cm³/mol. The fourth-order valence-corrected chi connectivity index (χ4v) is 2.43. The lowest BCUT2D eigenvalue weighted by Crippen LogP contribution is -2.22. The lowest BCUT2D eigenvalue weighted by Gasteiger charge is -2.12. The molecule has 22 heavy (non-hydrogen) atoms. The summed E-state index contributed by atoms with van der Waals surface area (Å²) in [5.74, 6) is 1.13. The van der Waals surface area contributed by atoms with E-state index >= 15 is 0 Å². The molecule has 1 aromatic rings. The van der Waals surface area contributed by atoms with Crippen LogP contribution in [0.5, 0.6) is 0 Å². The highest BCUT2D eigenvalue weighted by molar-refractivity contribution is 8.14. The molecule has 5 heteroatoms. The van der Waals surface area contributed by atoms with E-state index in [1.54, 1.807) is 6.92 Å². The molecule has 1 N–H and O–H groups in total. The maximum absolute atomic E-state index is 11.6. The number of carbonyl (C=O) groups excluding carboxylic acids is 1. The van der Waals surface area contributed by atoms with Crippen molar-refractivity contribution in [3.8, 4) is 0 Å². The summed E-state index contributed by atoms with van der Waals surface area (Å²) >= 11 is 1.47. The van der Waals surface area contributed by atoms with Crippen LogP contribution >= 0.6 is 11.8 Å². The molecule has 0 atom stereocenters.